The smallest absolute Gasteiger partial charge is 0.394 e. The fraction of sp³-hybridized carbons (Fsp3) is 0.548. The number of aromatic nitrogens is 1. The lowest BCUT2D eigenvalue weighted by Crippen LogP contribution is -2.50. The Morgan fingerprint density at radius 1 is 1.11 bits per heavy atom. The van der Waals surface area contributed by atoms with Gasteiger partial charge in [0.2, 0.25) is 5.91 Å². The van der Waals surface area contributed by atoms with Gasteiger partial charge in [0, 0.05) is 26.2 Å². The number of amides is 1. The standard InChI is InChI=1S/C31H38F5N7O2S/c1-3-24(41-13-15-42(16-14-41)25(44)4-2)39-29(45-19-30-9-5-11-43(30)12-6-10-30)38-23(18-32)21(31(34,35)36)17-20-7-8-22(33)27-26(20)40-28(37)46-27/h3-4,7-8,21,23H,1-2,5-6,9-19H2,(H2,37,40)/b38-29+,39-24+/t21?,23-/m0/s1. The van der Waals surface area contributed by atoms with E-state index in [1.165, 1.54) is 18.2 Å². The first-order valence-electron chi connectivity index (χ1n) is 15.3. The lowest BCUT2D eigenvalue weighted by Gasteiger charge is -2.35. The van der Waals surface area contributed by atoms with E-state index in [-0.39, 0.29) is 50.8 Å². The molecule has 1 aromatic carbocycles. The number of alkyl halides is 4. The molecule has 1 unspecified atom stereocenters. The van der Waals surface area contributed by atoms with Crippen LogP contribution in [0.4, 0.5) is 27.1 Å². The molecule has 2 aromatic rings. The number of nitrogen functional groups attached to an aromatic ring is 1. The van der Waals surface area contributed by atoms with Crippen molar-refractivity contribution < 1.29 is 31.5 Å². The molecule has 9 nitrogen and oxygen atoms in total. The van der Waals surface area contributed by atoms with Crippen LogP contribution in [0.3, 0.4) is 0 Å². The number of anilines is 1. The summed E-state index contributed by atoms with van der Waals surface area (Å²) in [5.74, 6) is -2.87. The van der Waals surface area contributed by atoms with Crippen LogP contribution in [-0.4, -0.2) is 108 Å². The molecule has 2 N–H and O–H groups in total. The number of fused-ring (bicyclic) bond motifs is 2. The molecule has 0 bridgehead atoms. The fourth-order valence-electron chi connectivity index (χ4n) is 6.68. The zero-order chi connectivity index (χ0) is 33.1. The van der Waals surface area contributed by atoms with Crippen molar-refractivity contribution >= 4 is 44.4 Å². The average Bonchev–Trinajstić information content (AvgIpc) is 3.74. The van der Waals surface area contributed by atoms with Crippen molar-refractivity contribution in [3.63, 3.8) is 0 Å². The van der Waals surface area contributed by atoms with Crippen molar-refractivity contribution in [1.29, 1.82) is 0 Å². The number of carbonyl (C=O) groups is 1. The van der Waals surface area contributed by atoms with Gasteiger partial charge in [0.15, 0.2) is 5.13 Å². The Bertz CT molecular complexity index is 1490. The highest BCUT2D eigenvalue weighted by atomic mass is 32.1. The van der Waals surface area contributed by atoms with E-state index in [1.54, 1.807) is 4.90 Å². The molecule has 0 aliphatic carbocycles. The molecular formula is C31H38F5N7O2S. The Kier molecular flexibility index (Phi) is 10.3. The summed E-state index contributed by atoms with van der Waals surface area (Å²) >= 11 is 0.830. The number of rotatable bonds is 9. The minimum absolute atomic E-state index is 0.00823. The largest absolute Gasteiger partial charge is 0.462 e. The Morgan fingerprint density at radius 2 is 1.78 bits per heavy atom. The van der Waals surface area contributed by atoms with Gasteiger partial charge in [-0.25, -0.2) is 18.8 Å². The van der Waals surface area contributed by atoms with Gasteiger partial charge in [-0.3, -0.25) is 9.69 Å². The number of benzene rings is 1. The van der Waals surface area contributed by atoms with E-state index < -0.39 is 37.0 Å². The number of ether oxygens (including phenoxy) is 1. The average molecular weight is 668 g/mol. The van der Waals surface area contributed by atoms with E-state index >= 15 is 0 Å². The van der Waals surface area contributed by atoms with Gasteiger partial charge in [-0.1, -0.05) is 30.6 Å². The van der Waals surface area contributed by atoms with E-state index in [1.807, 2.05) is 4.90 Å². The van der Waals surface area contributed by atoms with Crippen LogP contribution in [0.25, 0.3) is 10.2 Å². The van der Waals surface area contributed by atoms with Gasteiger partial charge in [0.1, 0.15) is 24.9 Å². The molecule has 1 aromatic heterocycles. The number of nitrogens with two attached hydrogens (primary N) is 1. The number of nitrogens with zero attached hydrogens (tertiary/aromatic N) is 6. The summed E-state index contributed by atoms with van der Waals surface area (Å²) in [6.07, 6.45) is 0.776. The van der Waals surface area contributed by atoms with Crippen molar-refractivity contribution in [2.45, 2.75) is 49.9 Å². The molecule has 0 radical (unpaired) electrons. The Labute approximate surface area is 268 Å². The minimum Gasteiger partial charge on any atom is -0.462 e. The molecule has 1 amide bonds. The molecule has 46 heavy (non-hydrogen) atoms. The highest BCUT2D eigenvalue weighted by molar-refractivity contribution is 7.22. The summed E-state index contributed by atoms with van der Waals surface area (Å²) in [5, 5.41) is 0.00823. The van der Waals surface area contributed by atoms with Crippen molar-refractivity contribution in [1.82, 2.24) is 19.7 Å². The number of halogens is 5. The molecule has 3 saturated heterocycles. The molecule has 15 heteroatoms. The second kappa shape index (κ2) is 14.0. The predicted octanol–water partition coefficient (Wildman–Crippen LogP) is 4.99. The first-order chi connectivity index (χ1) is 22.0. The van der Waals surface area contributed by atoms with Crippen LogP contribution in [0.2, 0.25) is 0 Å². The number of amidine groups is 2. The molecule has 0 spiro atoms. The summed E-state index contributed by atoms with van der Waals surface area (Å²) in [6.45, 7) is 9.36. The number of aliphatic imine (C=N–C) groups is 2. The third kappa shape index (κ3) is 7.19. The maximum atomic E-state index is 14.7. The van der Waals surface area contributed by atoms with Crippen LogP contribution in [0.5, 0.6) is 0 Å². The maximum absolute atomic E-state index is 14.7. The molecule has 2 atom stereocenters. The summed E-state index contributed by atoms with van der Waals surface area (Å²) in [4.78, 5) is 30.6. The van der Waals surface area contributed by atoms with Crippen molar-refractivity contribution in [2.24, 2.45) is 15.9 Å². The third-order valence-corrected chi connectivity index (χ3v) is 10.0. The van der Waals surface area contributed by atoms with Crippen LogP contribution in [0.1, 0.15) is 31.2 Å². The van der Waals surface area contributed by atoms with E-state index in [9.17, 15) is 26.7 Å². The van der Waals surface area contributed by atoms with Crippen LogP contribution < -0.4 is 5.73 Å². The molecule has 5 rings (SSSR count). The molecule has 3 aliphatic rings. The van der Waals surface area contributed by atoms with Crippen LogP contribution in [0.15, 0.2) is 47.4 Å². The maximum Gasteiger partial charge on any atom is 0.394 e. The topological polar surface area (TPSA) is 99.7 Å². The Hall–Kier alpha value is -3.59. The molecule has 0 saturated carbocycles. The summed E-state index contributed by atoms with van der Waals surface area (Å²) in [5.41, 5.74) is 5.55. The fourth-order valence-corrected chi connectivity index (χ4v) is 7.46. The van der Waals surface area contributed by atoms with Gasteiger partial charge >= 0.3 is 12.2 Å². The van der Waals surface area contributed by atoms with Crippen molar-refractivity contribution in [2.75, 3.05) is 58.3 Å². The first-order valence-corrected chi connectivity index (χ1v) is 16.1. The van der Waals surface area contributed by atoms with Gasteiger partial charge in [0.05, 0.1) is 27.7 Å². The number of hydrogen-bond donors (Lipinski definition) is 1. The SMILES string of the molecule is C=CC(=O)N1CCN(/C(C=C)=N/C(=N\[C@@H](CF)C(Cc2ccc(F)c3sc(N)nc23)C(F)(F)F)OCC23CCCN2CCC3)CC1. The lowest BCUT2D eigenvalue weighted by atomic mass is 9.91. The quantitative estimate of drug-likeness (QED) is 0.175. The van der Waals surface area contributed by atoms with Gasteiger partial charge < -0.3 is 20.3 Å². The summed E-state index contributed by atoms with van der Waals surface area (Å²) in [6, 6.07) is -0.0113. The van der Waals surface area contributed by atoms with Crippen molar-refractivity contribution in [3.8, 4) is 0 Å². The second-order valence-corrected chi connectivity index (χ2v) is 12.9. The lowest BCUT2D eigenvalue weighted by molar-refractivity contribution is -0.180. The number of carbonyl (C=O) groups excluding carboxylic acids is 1. The van der Waals surface area contributed by atoms with Crippen LogP contribution in [0, 0.1) is 11.7 Å². The van der Waals surface area contributed by atoms with Gasteiger partial charge in [-0.05, 0) is 69.0 Å². The zero-order valence-electron chi connectivity index (χ0n) is 25.4. The van der Waals surface area contributed by atoms with Gasteiger partial charge in [-0.15, -0.1) is 0 Å². The zero-order valence-corrected chi connectivity index (χ0v) is 26.3. The number of thiazole rings is 1. The van der Waals surface area contributed by atoms with Gasteiger partial charge in [0.25, 0.3) is 0 Å². The summed E-state index contributed by atoms with van der Waals surface area (Å²) in [7, 11) is 0. The highest BCUT2D eigenvalue weighted by Gasteiger charge is 2.47. The van der Waals surface area contributed by atoms with Gasteiger partial charge in [-0.2, -0.15) is 18.2 Å². The van der Waals surface area contributed by atoms with Crippen LogP contribution >= 0.6 is 11.3 Å². The van der Waals surface area contributed by atoms with E-state index in [4.69, 9.17) is 10.5 Å². The normalized spacial score (nSPS) is 20.5. The minimum atomic E-state index is -4.88. The highest BCUT2D eigenvalue weighted by Crippen LogP contribution is 2.40. The molecule has 3 aliphatic heterocycles. The second-order valence-electron chi connectivity index (χ2n) is 11.8. The van der Waals surface area contributed by atoms with E-state index in [2.05, 4.69) is 33.0 Å². The van der Waals surface area contributed by atoms with E-state index in [0.717, 1.165) is 56.2 Å². The monoisotopic (exact) mass is 667 g/mol. The molecular weight excluding hydrogens is 629 g/mol. The number of hydrogen-bond acceptors (Lipinski definition) is 7. The predicted molar refractivity (Wildman–Crippen MR) is 169 cm³/mol. The molecule has 250 valence electrons. The third-order valence-electron chi connectivity index (χ3n) is 9.12. The van der Waals surface area contributed by atoms with E-state index in [0.29, 0.717) is 26.2 Å². The molecule has 3 fully saturated rings. The molecule has 4 heterocycles. The Balaban J connectivity index is 1.47. The van der Waals surface area contributed by atoms with Crippen LogP contribution in [-0.2, 0) is 16.0 Å². The van der Waals surface area contributed by atoms with Crippen molar-refractivity contribution in [3.05, 3.63) is 48.8 Å². The first kappa shape index (κ1) is 33.8. The Morgan fingerprint density at radius 3 is 2.39 bits per heavy atom. The number of piperazine rings is 1. The summed E-state index contributed by atoms with van der Waals surface area (Å²) < 4.78 is 79.1.